The van der Waals surface area contributed by atoms with E-state index < -0.39 is 0 Å². The van der Waals surface area contributed by atoms with Crippen molar-refractivity contribution in [2.45, 2.75) is 6.92 Å². The molecular formula is C39H25N3OS. The van der Waals surface area contributed by atoms with Crippen LogP contribution in [0.25, 0.3) is 93.4 Å². The van der Waals surface area contributed by atoms with Crippen molar-refractivity contribution in [3.05, 3.63) is 127 Å². The molecule has 5 aromatic carbocycles. The Bertz CT molecular complexity index is 2640. The smallest absolute Gasteiger partial charge is 0.236 e. The Kier molecular flexibility index (Phi) is 5.40. The first kappa shape index (κ1) is 25.0. The molecule has 0 fully saturated rings. The number of allylic oxidation sites excluding steroid dienone is 1. The second-order valence-electron chi connectivity index (χ2n) is 10.9. The fraction of sp³-hybridized carbons (Fsp3) is 0.0256. The maximum atomic E-state index is 6.42. The summed E-state index contributed by atoms with van der Waals surface area (Å²) in [6, 6.07) is 35.5. The number of thiophene rings is 1. The fourth-order valence-electron chi connectivity index (χ4n) is 6.71. The third-order valence-corrected chi connectivity index (χ3v) is 9.68. The highest BCUT2D eigenvalue weighted by Crippen LogP contribution is 2.47. The molecule has 208 valence electrons. The van der Waals surface area contributed by atoms with E-state index in [2.05, 4.69) is 97.0 Å². The number of aromatic nitrogens is 3. The number of rotatable bonds is 4. The van der Waals surface area contributed by atoms with E-state index in [1.807, 2.05) is 53.8 Å². The summed E-state index contributed by atoms with van der Waals surface area (Å²) in [6.45, 7) is 6.40. The summed E-state index contributed by atoms with van der Waals surface area (Å²) >= 11 is 1.82. The van der Waals surface area contributed by atoms with Gasteiger partial charge in [-0.1, -0.05) is 104 Å². The number of hydrogen-bond donors (Lipinski definition) is 0. The quantitative estimate of drug-likeness (QED) is 0.207. The summed E-state index contributed by atoms with van der Waals surface area (Å²) in [5.74, 6) is 0.613. The van der Waals surface area contributed by atoms with E-state index >= 15 is 0 Å². The van der Waals surface area contributed by atoms with Crippen LogP contribution in [0.4, 0.5) is 0 Å². The Morgan fingerprint density at radius 1 is 0.750 bits per heavy atom. The second kappa shape index (κ2) is 9.49. The van der Waals surface area contributed by atoms with Crippen LogP contribution in [0, 0.1) is 0 Å². The molecule has 9 aromatic rings. The minimum atomic E-state index is 0.613. The molecule has 0 spiro atoms. The van der Waals surface area contributed by atoms with Crippen molar-refractivity contribution in [1.82, 2.24) is 14.5 Å². The van der Waals surface area contributed by atoms with Crippen LogP contribution in [-0.4, -0.2) is 14.5 Å². The molecule has 0 saturated carbocycles. The van der Waals surface area contributed by atoms with E-state index in [1.165, 1.54) is 25.7 Å². The molecule has 4 aromatic heterocycles. The molecule has 44 heavy (non-hydrogen) atoms. The Morgan fingerprint density at radius 2 is 1.48 bits per heavy atom. The summed E-state index contributed by atoms with van der Waals surface area (Å²) in [7, 11) is 0. The molecule has 0 radical (unpaired) electrons. The van der Waals surface area contributed by atoms with Gasteiger partial charge in [-0.2, -0.15) is 0 Å². The second-order valence-corrected chi connectivity index (χ2v) is 12.0. The van der Waals surface area contributed by atoms with Gasteiger partial charge in [0.15, 0.2) is 5.58 Å². The van der Waals surface area contributed by atoms with Gasteiger partial charge in [0.1, 0.15) is 16.8 Å². The zero-order valence-corrected chi connectivity index (χ0v) is 24.7. The zero-order chi connectivity index (χ0) is 29.4. The number of hydrogen-bond acceptors (Lipinski definition) is 4. The average molecular weight is 584 g/mol. The lowest BCUT2D eigenvalue weighted by Crippen LogP contribution is -2.03. The molecule has 0 atom stereocenters. The maximum Gasteiger partial charge on any atom is 0.236 e. The van der Waals surface area contributed by atoms with Gasteiger partial charge in [-0.25, -0.2) is 9.97 Å². The van der Waals surface area contributed by atoms with E-state index in [9.17, 15) is 0 Å². The first-order valence-electron chi connectivity index (χ1n) is 14.7. The van der Waals surface area contributed by atoms with Crippen LogP contribution < -0.4 is 0 Å². The van der Waals surface area contributed by atoms with Gasteiger partial charge in [0.25, 0.3) is 0 Å². The molecule has 4 heterocycles. The van der Waals surface area contributed by atoms with Crippen LogP contribution in [-0.2, 0) is 0 Å². The topological polar surface area (TPSA) is 43.9 Å². The van der Waals surface area contributed by atoms with Crippen molar-refractivity contribution in [2.75, 3.05) is 0 Å². The first-order valence-corrected chi connectivity index (χ1v) is 15.5. The molecule has 0 aliphatic heterocycles. The van der Waals surface area contributed by atoms with Crippen molar-refractivity contribution in [2.24, 2.45) is 0 Å². The molecule has 0 saturated heterocycles. The molecule has 0 aliphatic carbocycles. The highest BCUT2D eigenvalue weighted by Gasteiger charge is 2.25. The molecule has 0 amide bonds. The Morgan fingerprint density at radius 3 is 2.30 bits per heavy atom. The minimum Gasteiger partial charge on any atom is -0.452 e. The van der Waals surface area contributed by atoms with Crippen molar-refractivity contribution in [3.8, 4) is 17.2 Å². The van der Waals surface area contributed by atoms with Crippen LogP contribution in [0.3, 0.4) is 0 Å². The van der Waals surface area contributed by atoms with Gasteiger partial charge in [-0.3, -0.25) is 4.57 Å². The van der Waals surface area contributed by atoms with Crippen molar-refractivity contribution < 1.29 is 4.42 Å². The van der Waals surface area contributed by atoms with E-state index in [4.69, 9.17) is 14.4 Å². The number of para-hydroxylation sites is 2. The summed E-state index contributed by atoms with van der Waals surface area (Å²) in [5.41, 5.74) is 8.49. The Labute approximate surface area is 256 Å². The third kappa shape index (κ3) is 3.38. The van der Waals surface area contributed by atoms with Crippen molar-refractivity contribution >= 4 is 87.5 Å². The molecule has 5 heteroatoms. The minimum absolute atomic E-state index is 0.613. The Hall–Kier alpha value is -5.52. The van der Waals surface area contributed by atoms with Gasteiger partial charge >= 0.3 is 0 Å². The van der Waals surface area contributed by atoms with E-state index in [0.717, 1.165) is 55.1 Å². The summed E-state index contributed by atoms with van der Waals surface area (Å²) in [4.78, 5) is 10.6. The SMILES string of the molecule is C=Cc1c(/C=C\C)c2c3ccccc3sc2c2c1c1ccccc1n2-c1nc(-c2ccccc2)c2oc3ccccc3c2n1. The molecule has 0 bridgehead atoms. The van der Waals surface area contributed by atoms with Crippen molar-refractivity contribution in [1.29, 1.82) is 0 Å². The van der Waals surface area contributed by atoms with E-state index in [0.29, 0.717) is 11.5 Å². The predicted octanol–water partition coefficient (Wildman–Crippen LogP) is 11.2. The summed E-state index contributed by atoms with van der Waals surface area (Å²) < 4.78 is 11.1. The monoisotopic (exact) mass is 583 g/mol. The lowest BCUT2D eigenvalue weighted by molar-refractivity contribution is 0.666. The lowest BCUT2D eigenvalue weighted by Gasteiger charge is -2.12. The van der Waals surface area contributed by atoms with Crippen LogP contribution in [0.15, 0.2) is 120 Å². The standard InChI is InChI=1S/C39H25N3OS/c1-3-14-25-24(4-2)32-26-17-8-11-20-29(26)42(36(32)38-33(25)28-19-10-13-22-31(28)44-38)39-40-34(23-15-6-5-7-16-23)37-35(41-39)27-18-9-12-21-30(27)43-37/h3-22H,2H2,1H3/b14-3-. The lowest BCUT2D eigenvalue weighted by atomic mass is 9.95. The van der Waals surface area contributed by atoms with Gasteiger partial charge in [0, 0.05) is 37.2 Å². The van der Waals surface area contributed by atoms with Crippen LogP contribution in [0.5, 0.6) is 0 Å². The first-order chi connectivity index (χ1) is 21.8. The molecule has 0 N–H and O–H groups in total. The zero-order valence-electron chi connectivity index (χ0n) is 23.9. The average Bonchev–Trinajstić information content (AvgIpc) is 3.75. The highest BCUT2D eigenvalue weighted by atomic mass is 32.1. The van der Waals surface area contributed by atoms with Gasteiger partial charge in [-0.05, 0) is 42.3 Å². The van der Waals surface area contributed by atoms with Crippen LogP contribution >= 0.6 is 11.3 Å². The predicted molar refractivity (Wildman–Crippen MR) is 187 cm³/mol. The fourth-order valence-corrected chi connectivity index (χ4v) is 7.97. The van der Waals surface area contributed by atoms with Crippen LogP contribution in [0.1, 0.15) is 18.1 Å². The molecule has 4 nitrogen and oxygen atoms in total. The van der Waals surface area contributed by atoms with E-state index in [-0.39, 0.29) is 0 Å². The summed E-state index contributed by atoms with van der Waals surface area (Å²) in [6.07, 6.45) is 6.34. The van der Waals surface area contributed by atoms with Gasteiger partial charge in [0.2, 0.25) is 5.95 Å². The third-order valence-electron chi connectivity index (χ3n) is 8.51. The number of fused-ring (bicyclic) bond motifs is 10. The molecule has 0 unspecified atom stereocenters. The van der Waals surface area contributed by atoms with Gasteiger partial charge in [-0.15, -0.1) is 11.3 Å². The largest absolute Gasteiger partial charge is 0.452 e. The maximum absolute atomic E-state index is 6.42. The number of benzene rings is 5. The molecular weight excluding hydrogens is 559 g/mol. The van der Waals surface area contributed by atoms with E-state index in [1.54, 1.807) is 0 Å². The van der Waals surface area contributed by atoms with Gasteiger partial charge in [0.05, 0.1) is 15.7 Å². The molecule has 0 aliphatic rings. The van der Waals surface area contributed by atoms with Crippen LogP contribution in [0.2, 0.25) is 0 Å². The normalized spacial score (nSPS) is 12.2. The van der Waals surface area contributed by atoms with Crippen molar-refractivity contribution in [3.63, 3.8) is 0 Å². The number of furan rings is 1. The summed E-state index contributed by atoms with van der Waals surface area (Å²) in [5, 5.41) is 5.74. The number of nitrogens with zero attached hydrogens (tertiary/aromatic N) is 3. The molecule has 9 rings (SSSR count). The Balaban J connectivity index is 1.54. The highest BCUT2D eigenvalue weighted by molar-refractivity contribution is 7.26. The van der Waals surface area contributed by atoms with Gasteiger partial charge < -0.3 is 4.42 Å².